The zero-order chi connectivity index (χ0) is 16.2. The standard InChI is InChI=1S/C17H22N4O2/c1-20-12-15(23-2)10-16(20)17(22)18-11-13-4-6-14(7-5-13)21-9-3-8-19-21/h3-9,15-16H,10-12H2,1-2H3,(H,18,22)/t15-,16-/m0/s1. The van der Waals surface area contributed by atoms with E-state index >= 15 is 0 Å². The molecule has 6 nitrogen and oxygen atoms in total. The van der Waals surface area contributed by atoms with Gasteiger partial charge < -0.3 is 10.1 Å². The minimum atomic E-state index is -0.108. The minimum Gasteiger partial charge on any atom is -0.380 e. The third kappa shape index (κ3) is 3.60. The number of nitrogens with zero attached hydrogens (tertiary/aromatic N) is 3. The number of carbonyl (C=O) groups is 1. The van der Waals surface area contributed by atoms with Crippen LogP contribution in [-0.2, 0) is 16.1 Å². The number of hydrogen-bond donors (Lipinski definition) is 1. The van der Waals surface area contributed by atoms with E-state index < -0.39 is 0 Å². The maximum atomic E-state index is 12.3. The van der Waals surface area contributed by atoms with Crippen molar-refractivity contribution >= 4 is 5.91 Å². The van der Waals surface area contributed by atoms with Crippen molar-refractivity contribution in [3.63, 3.8) is 0 Å². The number of carbonyl (C=O) groups excluding carboxylic acids is 1. The third-order valence-corrected chi connectivity index (χ3v) is 4.32. The van der Waals surface area contributed by atoms with E-state index in [1.807, 2.05) is 48.5 Å². The SMILES string of the molecule is CO[C@H]1C[C@@H](C(=O)NCc2ccc(-n3cccn3)cc2)N(C)C1. The largest absolute Gasteiger partial charge is 0.380 e. The van der Waals surface area contributed by atoms with Crippen LogP contribution in [0, 0.1) is 0 Å². The normalized spacial score (nSPS) is 21.5. The highest BCUT2D eigenvalue weighted by Gasteiger charge is 2.34. The van der Waals surface area contributed by atoms with Gasteiger partial charge in [0.1, 0.15) is 0 Å². The van der Waals surface area contributed by atoms with E-state index in [4.69, 9.17) is 4.74 Å². The zero-order valence-electron chi connectivity index (χ0n) is 13.5. The Labute approximate surface area is 136 Å². The summed E-state index contributed by atoms with van der Waals surface area (Å²) in [7, 11) is 3.65. The number of nitrogens with one attached hydrogen (secondary N) is 1. The second-order valence-electron chi connectivity index (χ2n) is 5.88. The van der Waals surface area contributed by atoms with E-state index in [1.54, 1.807) is 18.0 Å². The van der Waals surface area contributed by atoms with E-state index in [0.29, 0.717) is 6.54 Å². The zero-order valence-corrected chi connectivity index (χ0v) is 13.5. The molecule has 23 heavy (non-hydrogen) atoms. The van der Waals surface area contributed by atoms with Crippen molar-refractivity contribution in [3.8, 4) is 5.69 Å². The van der Waals surface area contributed by atoms with Gasteiger partial charge in [-0.15, -0.1) is 0 Å². The smallest absolute Gasteiger partial charge is 0.237 e. The molecule has 0 bridgehead atoms. The summed E-state index contributed by atoms with van der Waals surface area (Å²) in [6.07, 6.45) is 4.54. The van der Waals surface area contributed by atoms with Crippen LogP contribution in [0.15, 0.2) is 42.7 Å². The summed E-state index contributed by atoms with van der Waals surface area (Å²) in [5, 5.41) is 7.21. The van der Waals surface area contributed by atoms with Gasteiger partial charge in [-0.05, 0) is 37.2 Å². The Balaban J connectivity index is 1.55. The monoisotopic (exact) mass is 314 g/mol. The number of ether oxygens (including phenoxy) is 1. The maximum absolute atomic E-state index is 12.3. The quantitative estimate of drug-likeness (QED) is 0.901. The lowest BCUT2D eigenvalue weighted by Gasteiger charge is -2.18. The molecule has 0 saturated carbocycles. The van der Waals surface area contributed by atoms with Crippen LogP contribution >= 0.6 is 0 Å². The number of benzene rings is 1. The van der Waals surface area contributed by atoms with Crippen LogP contribution in [0.4, 0.5) is 0 Å². The Hall–Kier alpha value is -2.18. The van der Waals surface area contributed by atoms with Crippen LogP contribution in [0.2, 0.25) is 0 Å². The van der Waals surface area contributed by atoms with Crippen molar-refractivity contribution in [2.45, 2.75) is 25.1 Å². The number of methoxy groups -OCH3 is 1. The van der Waals surface area contributed by atoms with Crippen molar-refractivity contribution < 1.29 is 9.53 Å². The summed E-state index contributed by atoms with van der Waals surface area (Å²) in [6, 6.07) is 9.79. The van der Waals surface area contributed by atoms with Crippen molar-refractivity contribution in [2.24, 2.45) is 0 Å². The molecule has 1 N–H and O–H groups in total. The van der Waals surface area contributed by atoms with Crippen molar-refractivity contribution in [1.29, 1.82) is 0 Å². The molecule has 2 aromatic rings. The van der Waals surface area contributed by atoms with Gasteiger partial charge in [0, 0.05) is 32.6 Å². The molecule has 2 atom stereocenters. The number of likely N-dealkylation sites (N-methyl/N-ethyl adjacent to an activating group) is 1. The molecule has 122 valence electrons. The fourth-order valence-electron chi connectivity index (χ4n) is 2.92. The topological polar surface area (TPSA) is 59.4 Å². The number of amides is 1. The molecular weight excluding hydrogens is 292 g/mol. The Morgan fingerprint density at radius 1 is 1.39 bits per heavy atom. The van der Waals surface area contributed by atoms with Crippen LogP contribution in [0.25, 0.3) is 5.69 Å². The molecule has 3 rings (SSSR count). The van der Waals surface area contributed by atoms with E-state index in [9.17, 15) is 4.79 Å². The lowest BCUT2D eigenvalue weighted by molar-refractivity contribution is -0.125. The van der Waals surface area contributed by atoms with E-state index in [2.05, 4.69) is 10.4 Å². The summed E-state index contributed by atoms with van der Waals surface area (Å²) in [5.74, 6) is 0.0585. The molecule has 1 aromatic heterocycles. The van der Waals surface area contributed by atoms with Gasteiger partial charge in [-0.25, -0.2) is 4.68 Å². The highest BCUT2D eigenvalue weighted by Crippen LogP contribution is 2.18. The van der Waals surface area contributed by atoms with Crippen LogP contribution in [0.3, 0.4) is 0 Å². The summed E-state index contributed by atoms with van der Waals surface area (Å²) < 4.78 is 7.15. The van der Waals surface area contributed by atoms with Gasteiger partial charge in [0.25, 0.3) is 0 Å². The molecule has 1 fully saturated rings. The fourth-order valence-corrected chi connectivity index (χ4v) is 2.92. The second kappa shape index (κ2) is 6.93. The highest BCUT2D eigenvalue weighted by molar-refractivity contribution is 5.82. The minimum absolute atomic E-state index is 0.0585. The molecular formula is C17H22N4O2. The first-order valence-corrected chi connectivity index (χ1v) is 7.77. The molecule has 0 aliphatic carbocycles. The fraction of sp³-hybridized carbons (Fsp3) is 0.412. The average molecular weight is 314 g/mol. The summed E-state index contributed by atoms with van der Waals surface area (Å²) >= 11 is 0. The van der Waals surface area contributed by atoms with Gasteiger partial charge in [0.15, 0.2) is 0 Å². The number of likely N-dealkylation sites (tertiary alicyclic amines) is 1. The van der Waals surface area contributed by atoms with Gasteiger partial charge in [-0.1, -0.05) is 12.1 Å². The van der Waals surface area contributed by atoms with Gasteiger partial charge in [-0.3, -0.25) is 9.69 Å². The highest BCUT2D eigenvalue weighted by atomic mass is 16.5. The van der Waals surface area contributed by atoms with E-state index in [-0.39, 0.29) is 18.1 Å². The molecule has 0 radical (unpaired) electrons. The number of aromatic nitrogens is 2. The number of hydrogen-bond acceptors (Lipinski definition) is 4. The predicted octanol–water partition coefficient (Wildman–Crippen LogP) is 1.21. The first-order chi connectivity index (χ1) is 11.2. The van der Waals surface area contributed by atoms with Crippen LogP contribution < -0.4 is 5.32 Å². The van der Waals surface area contributed by atoms with Crippen molar-refractivity contribution in [1.82, 2.24) is 20.0 Å². The number of rotatable bonds is 5. The Kier molecular flexibility index (Phi) is 4.73. The molecule has 2 heterocycles. The molecule has 1 amide bonds. The maximum Gasteiger partial charge on any atom is 0.237 e. The lowest BCUT2D eigenvalue weighted by Crippen LogP contribution is -2.41. The van der Waals surface area contributed by atoms with E-state index in [1.165, 1.54) is 0 Å². The summed E-state index contributed by atoms with van der Waals surface area (Å²) in [4.78, 5) is 14.4. The first-order valence-electron chi connectivity index (χ1n) is 7.77. The lowest BCUT2D eigenvalue weighted by atomic mass is 10.1. The Bertz CT molecular complexity index is 639. The third-order valence-electron chi connectivity index (χ3n) is 4.32. The van der Waals surface area contributed by atoms with Gasteiger partial charge >= 0.3 is 0 Å². The predicted molar refractivity (Wildman–Crippen MR) is 87.2 cm³/mol. The van der Waals surface area contributed by atoms with Crippen LogP contribution in [0.5, 0.6) is 0 Å². The molecule has 0 spiro atoms. The Morgan fingerprint density at radius 3 is 2.78 bits per heavy atom. The van der Waals surface area contributed by atoms with Crippen molar-refractivity contribution in [3.05, 3.63) is 48.3 Å². The molecule has 1 aliphatic rings. The second-order valence-corrected chi connectivity index (χ2v) is 5.88. The van der Waals surface area contributed by atoms with Crippen LogP contribution in [0.1, 0.15) is 12.0 Å². The molecule has 1 aromatic carbocycles. The van der Waals surface area contributed by atoms with Gasteiger partial charge in [-0.2, -0.15) is 5.10 Å². The van der Waals surface area contributed by atoms with Crippen molar-refractivity contribution in [2.75, 3.05) is 20.7 Å². The molecule has 1 saturated heterocycles. The summed E-state index contributed by atoms with van der Waals surface area (Å²) in [5.41, 5.74) is 2.07. The molecule has 6 heteroatoms. The Morgan fingerprint density at radius 2 is 2.17 bits per heavy atom. The molecule has 1 aliphatic heterocycles. The first kappa shape index (κ1) is 15.7. The van der Waals surface area contributed by atoms with E-state index in [0.717, 1.165) is 24.2 Å². The molecule has 0 unspecified atom stereocenters. The van der Waals surface area contributed by atoms with Gasteiger partial charge in [0.2, 0.25) is 5.91 Å². The van der Waals surface area contributed by atoms with Gasteiger partial charge in [0.05, 0.1) is 17.8 Å². The van der Waals surface area contributed by atoms with Crippen LogP contribution in [-0.4, -0.2) is 53.4 Å². The average Bonchev–Trinajstić information content (AvgIpc) is 3.22. The summed E-state index contributed by atoms with van der Waals surface area (Å²) in [6.45, 7) is 1.33.